The predicted octanol–water partition coefficient (Wildman–Crippen LogP) is 3.97. The van der Waals surface area contributed by atoms with E-state index in [1.807, 2.05) is 50.2 Å². The molecule has 3 aromatic rings. The van der Waals surface area contributed by atoms with Gasteiger partial charge in [0, 0.05) is 18.5 Å². The number of amides is 1. The van der Waals surface area contributed by atoms with Gasteiger partial charge in [-0.15, -0.1) is 0 Å². The number of benzene rings is 2. The standard InChI is InChI=1S/C25H27N3O3/c1-3-19(4-2)27-16-20(28-23(25(27)31)24(30)21(29)15-26-28)22(17-11-7-5-8-12-17)18-13-9-6-10-14-18/h5-15,19-20,22,30H,3-4,16H2,1-2H3. The van der Waals surface area contributed by atoms with Gasteiger partial charge in [0.05, 0.1) is 12.2 Å². The van der Waals surface area contributed by atoms with Gasteiger partial charge >= 0.3 is 0 Å². The fourth-order valence-corrected chi connectivity index (χ4v) is 4.66. The molecule has 1 aliphatic rings. The SMILES string of the molecule is CCC(CC)N1CC(C(c2ccccc2)c2ccccc2)n2ncc(=O)c(O)c2C1=O. The molecule has 0 spiro atoms. The fourth-order valence-electron chi connectivity index (χ4n) is 4.66. The molecule has 1 aromatic heterocycles. The van der Waals surface area contributed by atoms with Crippen LogP contribution in [0.3, 0.4) is 0 Å². The number of rotatable bonds is 6. The van der Waals surface area contributed by atoms with Crippen LogP contribution in [0.1, 0.15) is 60.3 Å². The third-order valence-corrected chi connectivity index (χ3v) is 6.23. The summed E-state index contributed by atoms with van der Waals surface area (Å²) in [5, 5.41) is 14.9. The molecule has 0 radical (unpaired) electrons. The Hall–Kier alpha value is -3.41. The summed E-state index contributed by atoms with van der Waals surface area (Å²) in [7, 11) is 0. The van der Waals surface area contributed by atoms with Crippen molar-refractivity contribution in [3.05, 3.63) is 93.9 Å². The van der Waals surface area contributed by atoms with E-state index >= 15 is 0 Å². The minimum Gasteiger partial charge on any atom is -0.502 e. The summed E-state index contributed by atoms with van der Waals surface area (Å²) >= 11 is 0. The maximum Gasteiger partial charge on any atom is 0.276 e. The molecule has 6 heteroatoms. The summed E-state index contributed by atoms with van der Waals surface area (Å²) in [5.74, 6) is -0.978. The molecule has 0 fully saturated rings. The Balaban J connectivity index is 1.94. The van der Waals surface area contributed by atoms with E-state index in [0.29, 0.717) is 6.54 Å². The van der Waals surface area contributed by atoms with Gasteiger partial charge in [0.1, 0.15) is 0 Å². The van der Waals surface area contributed by atoms with Crippen LogP contribution in [0.4, 0.5) is 0 Å². The number of nitrogens with zero attached hydrogens (tertiary/aromatic N) is 3. The summed E-state index contributed by atoms with van der Waals surface area (Å²) in [4.78, 5) is 27.3. The Bertz CT molecular complexity index is 1070. The molecule has 0 saturated heterocycles. The first kappa shape index (κ1) is 20.8. The van der Waals surface area contributed by atoms with E-state index in [1.54, 1.807) is 9.58 Å². The Morgan fingerprint density at radius 3 is 2.03 bits per heavy atom. The van der Waals surface area contributed by atoms with Crippen molar-refractivity contribution in [2.75, 3.05) is 6.54 Å². The third-order valence-electron chi connectivity index (χ3n) is 6.23. The summed E-state index contributed by atoms with van der Waals surface area (Å²) in [5.41, 5.74) is 1.51. The van der Waals surface area contributed by atoms with Crippen LogP contribution in [0.25, 0.3) is 0 Å². The molecular formula is C25H27N3O3. The lowest BCUT2D eigenvalue weighted by atomic mass is 9.83. The average molecular weight is 418 g/mol. The zero-order valence-electron chi connectivity index (χ0n) is 17.8. The molecule has 2 aromatic carbocycles. The largest absolute Gasteiger partial charge is 0.502 e. The summed E-state index contributed by atoms with van der Waals surface area (Å²) in [6, 6.07) is 19.9. The van der Waals surface area contributed by atoms with Crippen LogP contribution >= 0.6 is 0 Å². The van der Waals surface area contributed by atoms with Crippen LogP contribution in [-0.2, 0) is 0 Å². The minimum absolute atomic E-state index is 0.0191. The quantitative estimate of drug-likeness (QED) is 0.659. The van der Waals surface area contributed by atoms with Crippen molar-refractivity contribution in [3.63, 3.8) is 0 Å². The van der Waals surface area contributed by atoms with Gasteiger partial charge in [-0.1, -0.05) is 74.5 Å². The van der Waals surface area contributed by atoms with E-state index < -0.39 is 11.2 Å². The van der Waals surface area contributed by atoms with Gasteiger partial charge in [0.25, 0.3) is 5.91 Å². The van der Waals surface area contributed by atoms with Crippen molar-refractivity contribution in [1.82, 2.24) is 14.7 Å². The third kappa shape index (κ3) is 3.74. The van der Waals surface area contributed by atoms with E-state index in [2.05, 4.69) is 29.4 Å². The highest BCUT2D eigenvalue weighted by Gasteiger charge is 2.41. The average Bonchev–Trinajstić information content (AvgIpc) is 2.80. The van der Waals surface area contributed by atoms with E-state index in [1.165, 1.54) is 0 Å². The number of hydrogen-bond acceptors (Lipinski definition) is 4. The monoisotopic (exact) mass is 417 g/mol. The summed E-state index contributed by atoms with van der Waals surface area (Å²) in [6.07, 6.45) is 2.68. The highest BCUT2D eigenvalue weighted by Crippen LogP contribution is 2.40. The Kier molecular flexibility index (Phi) is 5.89. The Morgan fingerprint density at radius 2 is 1.52 bits per heavy atom. The zero-order valence-corrected chi connectivity index (χ0v) is 17.8. The molecule has 160 valence electrons. The van der Waals surface area contributed by atoms with E-state index in [-0.39, 0.29) is 29.6 Å². The molecule has 1 N–H and O–H groups in total. The molecule has 0 aliphatic carbocycles. The van der Waals surface area contributed by atoms with Crippen LogP contribution < -0.4 is 5.43 Å². The van der Waals surface area contributed by atoms with Crippen molar-refractivity contribution in [2.24, 2.45) is 0 Å². The predicted molar refractivity (Wildman–Crippen MR) is 119 cm³/mol. The highest BCUT2D eigenvalue weighted by atomic mass is 16.3. The van der Waals surface area contributed by atoms with Gasteiger partial charge in [0.2, 0.25) is 5.43 Å². The van der Waals surface area contributed by atoms with Crippen LogP contribution in [0.5, 0.6) is 5.75 Å². The minimum atomic E-state index is -0.638. The van der Waals surface area contributed by atoms with Crippen molar-refractivity contribution < 1.29 is 9.90 Å². The van der Waals surface area contributed by atoms with Crippen molar-refractivity contribution in [3.8, 4) is 5.75 Å². The zero-order chi connectivity index (χ0) is 22.0. The topological polar surface area (TPSA) is 75.4 Å². The van der Waals surface area contributed by atoms with E-state index in [9.17, 15) is 14.7 Å². The van der Waals surface area contributed by atoms with Gasteiger partial charge in [0.15, 0.2) is 11.4 Å². The molecule has 1 amide bonds. The van der Waals surface area contributed by atoms with Gasteiger partial charge in [-0.3, -0.25) is 14.3 Å². The van der Waals surface area contributed by atoms with Crippen molar-refractivity contribution >= 4 is 5.91 Å². The van der Waals surface area contributed by atoms with E-state index in [0.717, 1.165) is 30.2 Å². The lowest BCUT2D eigenvalue weighted by molar-refractivity contribution is 0.0522. The first-order chi connectivity index (χ1) is 15.1. The number of aromatic hydroxyl groups is 1. The first-order valence-corrected chi connectivity index (χ1v) is 10.8. The molecule has 1 atom stereocenters. The molecule has 31 heavy (non-hydrogen) atoms. The molecule has 4 rings (SSSR count). The number of carbonyl (C=O) groups excluding carboxylic acids is 1. The lowest BCUT2D eigenvalue weighted by Crippen LogP contribution is -2.51. The van der Waals surface area contributed by atoms with E-state index in [4.69, 9.17) is 0 Å². The Morgan fingerprint density at radius 1 is 0.968 bits per heavy atom. The second-order valence-corrected chi connectivity index (χ2v) is 7.94. The molecule has 1 aliphatic heterocycles. The van der Waals surface area contributed by atoms with Crippen LogP contribution in [0.15, 0.2) is 71.7 Å². The van der Waals surface area contributed by atoms with Crippen molar-refractivity contribution in [2.45, 2.75) is 44.7 Å². The van der Waals surface area contributed by atoms with Gasteiger partial charge < -0.3 is 10.0 Å². The van der Waals surface area contributed by atoms with Crippen LogP contribution in [-0.4, -0.2) is 38.3 Å². The van der Waals surface area contributed by atoms with Gasteiger partial charge in [-0.05, 0) is 24.0 Å². The number of aromatic nitrogens is 2. The molecular weight excluding hydrogens is 390 g/mol. The maximum atomic E-state index is 13.4. The fraction of sp³-hybridized carbons (Fsp3) is 0.320. The highest BCUT2D eigenvalue weighted by molar-refractivity contribution is 5.96. The van der Waals surface area contributed by atoms with Gasteiger partial charge in [-0.25, -0.2) is 0 Å². The smallest absolute Gasteiger partial charge is 0.276 e. The van der Waals surface area contributed by atoms with Crippen LogP contribution in [0.2, 0.25) is 0 Å². The maximum absolute atomic E-state index is 13.4. The summed E-state index contributed by atoms with van der Waals surface area (Å²) < 4.78 is 1.56. The number of carbonyl (C=O) groups is 1. The molecule has 1 unspecified atom stereocenters. The molecule has 0 bridgehead atoms. The van der Waals surface area contributed by atoms with Gasteiger partial charge in [-0.2, -0.15) is 5.10 Å². The lowest BCUT2D eigenvalue weighted by Gasteiger charge is -2.42. The molecule has 0 saturated carbocycles. The number of fused-ring (bicyclic) bond motifs is 1. The van der Waals surface area contributed by atoms with Crippen molar-refractivity contribution in [1.29, 1.82) is 0 Å². The van der Waals surface area contributed by atoms with Crippen LogP contribution in [0, 0.1) is 0 Å². The normalized spacial score (nSPS) is 16.1. The first-order valence-electron chi connectivity index (χ1n) is 10.8. The summed E-state index contributed by atoms with van der Waals surface area (Å²) in [6.45, 7) is 4.54. The molecule has 6 nitrogen and oxygen atoms in total. The Labute approximate surface area is 181 Å². The molecule has 2 heterocycles. The second kappa shape index (κ2) is 8.76. The second-order valence-electron chi connectivity index (χ2n) is 7.94. The number of hydrogen-bond donors (Lipinski definition) is 1.